The van der Waals surface area contributed by atoms with E-state index in [1.165, 1.54) is 6.07 Å². The molecule has 0 aliphatic rings. The van der Waals surface area contributed by atoms with Crippen LogP contribution in [0.5, 0.6) is 0 Å². The number of nitrogens with one attached hydrogen (secondary N) is 1. The predicted molar refractivity (Wildman–Crippen MR) is 68.0 cm³/mol. The highest BCUT2D eigenvalue weighted by molar-refractivity contribution is 7.92. The Kier molecular flexibility index (Phi) is 3.58. The van der Waals surface area contributed by atoms with Crippen molar-refractivity contribution < 1.29 is 21.6 Å². The summed E-state index contributed by atoms with van der Waals surface area (Å²) in [7, 11) is -4.29. The Bertz CT molecular complexity index is 763. The summed E-state index contributed by atoms with van der Waals surface area (Å²) in [6.45, 7) is 0. The van der Waals surface area contributed by atoms with E-state index in [0.717, 1.165) is 24.3 Å². The zero-order valence-corrected chi connectivity index (χ0v) is 10.7. The van der Waals surface area contributed by atoms with Crippen molar-refractivity contribution in [2.75, 3.05) is 10.5 Å². The van der Waals surface area contributed by atoms with Crippen LogP contribution in [0.2, 0.25) is 0 Å². The molecular weight excluding hydrogens is 293 g/mol. The Morgan fingerprint density at radius 2 is 1.65 bits per heavy atom. The van der Waals surface area contributed by atoms with Gasteiger partial charge in [0.05, 0.1) is 11.4 Å². The second-order valence-corrected chi connectivity index (χ2v) is 5.57. The number of rotatable bonds is 3. The highest BCUT2D eigenvalue weighted by Gasteiger charge is 2.20. The predicted octanol–water partition coefficient (Wildman–Crippen LogP) is 2.49. The van der Waals surface area contributed by atoms with Crippen LogP contribution in [0.15, 0.2) is 41.3 Å². The number of nitrogen functional groups attached to an aromatic ring is 1. The van der Waals surface area contributed by atoms with Crippen LogP contribution in [-0.4, -0.2) is 8.42 Å². The summed E-state index contributed by atoms with van der Waals surface area (Å²) in [4.78, 5) is -0.740. The first kappa shape index (κ1) is 14.2. The Balaban J connectivity index is 2.38. The first-order valence-electron chi connectivity index (χ1n) is 5.32. The summed E-state index contributed by atoms with van der Waals surface area (Å²) >= 11 is 0. The molecule has 0 unspecified atom stereocenters. The van der Waals surface area contributed by atoms with E-state index in [0.29, 0.717) is 6.07 Å². The van der Waals surface area contributed by atoms with Crippen molar-refractivity contribution in [3.8, 4) is 0 Å². The lowest BCUT2D eigenvalue weighted by atomic mass is 10.3. The molecule has 0 heterocycles. The molecule has 0 amide bonds. The minimum atomic E-state index is -4.29. The molecule has 20 heavy (non-hydrogen) atoms. The SMILES string of the molecule is Nc1ccc(NS(=O)(=O)c2ccc(F)cc2F)cc1F. The van der Waals surface area contributed by atoms with Crippen LogP contribution < -0.4 is 10.5 Å². The van der Waals surface area contributed by atoms with E-state index in [1.807, 2.05) is 4.72 Å². The molecule has 0 aromatic heterocycles. The topological polar surface area (TPSA) is 72.2 Å². The fourth-order valence-corrected chi connectivity index (χ4v) is 2.60. The van der Waals surface area contributed by atoms with Crippen LogP contribution in [0, 0.1) is 17.5 Å². The summed E-state index contributed by atoms with van der Waals surface area (Å²) < 4.78 is 65.2. The van der Waals surface area contributed by atoms with Gasteiger partial charge in [-0.1, -0.05) is 0 Å². The van der Waals surface area contributed by atoms with E-state index in [2.05, 4.69) is 0 Å². The highest BCUT2D eigenvalue weighted by Crippen LogP contribution is 2.21. The van der Waals surface area contributed by atoms with Gasteiger partial charge in [0.2, 0.25) is 0 Å². The first-order valence-corrected chi connectivity index (χ1v) is 6.81. The van der Waals surface area contributed by atoms with Crippen molar-refractivity contribution in [1.82, 2.24) is 0 Å². The van der Waals surface area contributed by atoms with Crippen LogP contribution >= 0.6 is 0 Å². The third-order valence-corrected chi connectivity index (χ3v) is 3.85. The minimum absolute atomic E-state index is 0.125. The highest BCUT2D eigenvalue weighted by atomic mass is 32.2. The van der Waals surface area contributed by atoms with Gasteiger partial charge in [-0.15, -0.1) is 0 Å². The number of halogens is 3. The van der Waals surface area contributed by atoms with Crippen molar-refractivity contribution >= 4 is 21.4 Å². The second-order valence-electron chi connectivity index (χ2n) is 3.92. The van der Waals surface area contributed by atoms with Gasteiger partial charge < -0.3 is 5.73 Å². The average Bonchev–Trinajstić information content (AvgIpc) is 2.33. The van der Waals surface area contributed by atoms with Crippen molar-refractivity contribution in [1.29, 1.82) is 0 Å². The fourth-order valence-electron chi connectivity index (χ4n) is 1.49. The molecule has 106 valence electrons. The van der Waals surface area contributed by atoms with Gasteiger partial charge in [-0.25, -0.2) is 21.6 Å². The number of hydrogen-bond donors (Lipinski definition) is 2. The van der Waals surface area contributed by atoms with E-state index < -0.39 is 32.4 Å². The number of sulfonamides is 1. The van der Waals surface area contributed by atoms with Gasteiger partial charge >= 0.3 is 0 Å². The maximum absolute atomic E-state index is 13.4. The molecule has 0 aliphatic heterocycles. The quantitative estimate of drug-likeness (QED) is 0.856. The third kappa shape index (κ3) is 2.85. The van der Waals surface area contributed by atoms with E-state index in [4.69, 9.17) is 5.73 Å². The van der Waals surface area contributed by atoms with E-state index in [1.54, 1.807) is 0 Å². The molecule has 0 atom stereocenters. The van der Waals surface area contributed by atoms with Gasteiger partial charge in [0.15, 0.2) is 0 Å². The number of nitrogens with two attached hydrogens (primary N) is 1. The maximum atomic E-state index is 13.4. The van der Waals surface area contributed by atoms with Crippen LogP contribution in [0.3, 0.4) is 0 Å². The average molecular weight is 302 g/mol. The lowest BCUT2D eigenvalue weighted by Crippen LogP contribution is -2.15. The fraction of sp³-hybridized carbons (Fsp3) is 0. The standard InChI is InChI=1S/C12H9F3N2O2S/c13-7-1-4-12(10(15)5-7)20(18,19)17-8-2-3-11(16)9(14)6-8/h1-6,17H,16H2. The number of benzene rings is 2. The molecule has 0 radical (unpaired) electrons. The summed E-state index contributed by atoms with van der Waals surface area (Å²) in [5.74, 6) is -2.96. The van der Waals surface area contributed by atoms with E-state index >= 15 is 0 Å². The van der Waals surface area contributed by atoms with Crippen LogP contribution in [0.1, 0.15) is 0 Å². The largest absolute Gasteiger partial charge is 0.396 e. The summed E-state index contributed by atoms with van der Waals surface area (Å²) in [5, 5.41) is 0. The Morgan fingerprint density at radius 3 is 2.25 bits per heavy atom. The summed E-state index contributed by atoms with van der Waals surface area (Å²) in [6.07, 6.45) is 0. The van der Waals surface area contributed by atoms with Gasteiger partial charge in [0.25, 0.3) is 10.0 Å². The van der Waals surface area contributed by atoms with Crippen molar-refractivity contribution in [2.45, 2.75) is 4.90 Å². The Morgan fingerprint density at radius 1 is 0.950 bits per heavy atom. The van der Waals surface area contributed by atoms with Gasteiger partial charge in [-0.3, -0.25) is 4.72 Å². The molecule has 0 spiro atoms. The van der Waals surface area contributed by atoms with Crippen LogP contribution in [-0.2, 0) is 10.0 Å². The van der Waals surface area contributed by atoms with Crippen molar-refractivity contribution in [3.63, 3.8) is 0 Å². The van der Waals surface area contributed by atoms with E-state index in [9.17, 15) is 21.6 Å². The van der Waals surface area contributed by atoms with Gasteiger partial charge in [0.1, 0.15) is 22.3 Å². The Hall–Kier alpha value is -2.22. The molecular formula is C12H9F3N2O2S. The van der Waals surface area contributed by atoms with Crippen LogP contribution in [0.25, 0.3) is 0 Å². The summed E-state index contributed by atoms with van der Waals surface area (Å²) in [5.41, 5.74) is 4.97. The molecule has 2 rings (SSSR count). The maximum Gasteiger partial charge on any atom is 0.264 e. The molecule has 4 nitrogen and oxygen atoms in total. The molecule has 0 saturated heterocycles. The molecule has 2 aromatic rings. The molecule has 0 bridgehead atoms. The monoisotopic (exact) mass is 302 g/mol. The number of hydrogen-bond acceptors (Lipinski definition) is 3. The van der Waals surface area contributed by atoms with Crippen molar-refractivity contribution in [2.24, 2.45) is 0 Å². The van der Waals surface area contributed by atoms with Gasteiger partial charge in [0, 0.05) is 12.1 Å². The molecule has 2 aromatic carbocycles. The van der Waals surface area contributed by atoms with Crippen LogP contribution in [0.4, 0.5) is 24.5 Å². The molecule has 0 saturated carbocycles. The molecule has 8 heteroatoms. The minimum Gasteiger partial charge on any atom is -0.396 e. The molecule has 0 aliphatic carbocycles. The van der Waals surface area contributed by atoms with E-state index in [-0.39, 0.29) is 11.4 Å². The lowest BCUT2D eigenvalue weighted by molar-refractivity contribution is 0.551. The van der Waals surface area contributed by atoms with Gasteiger partial charge in [-0.2, -0.15) is 0 Å². The smallest absolute Gasteiger partial charge is 0.264 e. The first-order chi connectivity index (χ1) is 9.29. The second kappa shape index (κ2) is 5.04. The zero-order chi connectivity index (χ0) is 14.9. The number of anilines is 2. The van der Waals surface area contributed by atoms with Crippen molar-refractivity contribution in [3.05, 3.63) is 53.8 Å². The Labute approximate surface area is 113 Å². The lowest BCUT2D eigenvalue weighted by Gasteiger charge is -2.09. The molecule has 3 N–H and O–H groups in total. The summed E-state index contributed by atoms with van der Waals surface area (Å²) in [6, 6.07) is 5.26. The zero-order valence-electron chi connectivity index (χ0n) is 9.90. The molecule has 0 fully saturated rings. The normalized spacial score (nSPS) is 11.3. The third-order valence-electron chi connectivity index (χ3n) is 2.44. The van der Waals surface area contributed by atoms with Gasteiger partial charge in [-0.05, 0) is 24.3 Å².